The Morgan fingerprint density at radius 2 is 1.79 bits per heavy atom. The van der Waals surface area contributed by atoms with Gasteiger partial charge in [-0.15, -0.1) is 0 Å². The summed E-state index contributed by atoms with van der Waals surface area (Å²) in [6.45, 7) is 0.709. The maximum Gasteiger partial charge on any atom is 0.253 e. The number of H-pyrrole nitrogens is 1. The average Bonchev–Trinajstić information content (AvgIpc) is 3.24. The summed E-state index contributed by atoms with van der Waals surface area (Å²) in [6.07, 6.45) is 11.6. The lowest BCUT2D eigenvalue weighted by Gasteiger charge is -2.29. The standard InChI is InChI=1S/C23H25N3O2/c27-23(22-16-25-15-21(22)18-4-2-1-3-5-18)26-14-17-6-8-19(9-7-17)28-20-10-12-24-13-11-20/h1-5,10-13,15-17,19,25H,6-9,14H2,(H,26,27). The summed E-state index contributed by atoms with van der Waals surface area (Å²) in [7, 11) is 0. The number of aromatic nitrogens is 2. The SMILES string of the molecule is O=C(NCC1CCC(Oc2ccncc2)CC1)c1c[nH]cc1-c1ccccc1. The fourth-order valence-electron chi connectivity index (χ4n) is 3.80. The van der Waals surface area contributed by atoms with Crippen LogP contribution >= 0.6 is 0 Å². The molecule has 0 bridgehead atoms. The van der Waals surface area contributed by atoms with E-state index in [1.807, 2.05) is 48.7 Å². The van der Waals surface area contributed by atoms with Crippen molar-refractivity contribution in [1.82, 2.24) is 15.3 Å². The Morgan fingerprint density at radius 3 is 2.54 bits per heavy atom. The lowest BCUT2D eigenvalue weighted by molar-refractivity contribution is 0.0929. The molecule has 1 fully saturated rings. The van der Waals surface area contributed by atoms with E-state index in [0.717, 1.165) is 42.6 Å². The van der Waals surface area contributed by atoms with Crippen LogP contribution in [0.1, 0.15) is 36.0 Å². The Hall–Kier alpha value is -3.08. The van der Waals surface area contributed by atoms with E-state index >= 15 is 0 Å². The van der Waals surface area contributed by atoms with Crippen LogP contribution < -0.4 is 10.1 Å². The van der Waals surface area contributed by atoms with E-state index < -0.39 is 0 Å². The maximum absolute atomic E-state index is 12.7. The van der Waals surface area contributed by atoms with Gasteiger partial charge in [-0.05, 0) is 49.3 Å². The number of pyridine rings is 1. The molecule has 0 aliphatic heterocycles. The van der Waals surface area contributed by atoms with Crippen molar-refractivity contribution in [1.29, 1.82) is 0 Å². The molecule has 0 atom stereocenters. The third-order valence-electron chi connectivity index (χ3n) is 5.37. The molecule has 2 N–H and O–H groups in total. The van der Waals surface area contributed by atoms with Crippen LogP contribution in [0.4, 0.5) is 0 Å². The third-order valence-corrected chi connectivity index (χ3v) is 5.37. The molecule has 1 aliphatic rings. The Bertz CT molecular complexity index is 884. The van der Waals surface area contributed by atoms with Gasteiger partial charge < -0.3 is 15.0 Å². The highest BCUT2D eigenvalue weighted by Crippen LogP contribution is 2.28. The van der Waals surface area contributed by atoms with Crippen molar-refractivity contribution < 1.29 is 9.53 Å². The van der Waals surface area contributed by atoms with Gasteiger partial charge >= 0.3 is 0 Å². The average molecular weight is 375 g/mol. The minimum atomic E-state index is -0.0183. The van der Waals surface area contributed by atoms with Gasteiger partial charge in [-0.1, -0.05) is 30.3 Å². The van der Waals surface area contributed by atoms with Gasteiger partial charge in [-0.3, -0.25) is 9.78 Å². The second-order valence-electron chi connectivity index (χ2n) is 7.30. The molecule has 0 unspecified atom stereocenters. The lowest BCUT2D eigenvalue weighted by atomic mass is 9.87. The van der Waals surface area contributed by atoms with Crippen LogP contribution in [0.15, 0.2) is 67.3 Å². The molecule has 28 heavy (non-hydrogen) atoms. The van der Waals surface area contributed by atoms with E-state index in [9.17, 15) is 4.79 Å². The minimum Gasteiger partial charge on any atom is -0.490 e. The molecular formula is C23H25N3O2. The summed E-state index contributed by atoms with van der Waals surface area (Å²) in [5.41, 5.74) is 2.68. The highest BCUT2D eigenvalue weighted by molar-refractivity contribution is 6.00. The van der Waals surface area contributed by atoms with Gasteiger partial charge in [0.1, 0.15) is 5.75 Å². The zero-order chi connectivity index (χ0) is 19.2. The predicted octanol–water partition coefficient (Wildman–Crippen LogP) is 4.44. The number of ether oxygens (including phenoxy) is 1. The van der Waals surface area contributed by atoms with Crippen LogP contribution in [0.2, 0.25) is 0 Å². The Kier molecular flexibility index (Phi) is 5.71. The number of aromatic amines is 1. The van der Waals surface area contributed by atoms with Crippen LogP contribution in [-0.2, 0) is 0 Å². The number of hydrogen-bond donors (Lipinski definition) is 2. The topological polar surface area (TPSA) is 67.0 Å². The summed E-state index contributed by atoms with van der Waals surface area (Å²) < 4.78 is 6.02. The Balaban J connectivity index is 1.27. The molecule has 2 aromatic heterocycles. The lowest BCUT2D eigenvalue weighted by Crippen LogP contribution is -2.33. The number of benzene rings is 1. The number of carbonyl (C=O) groups is 1. The maximum atomic E-state index is 12.7. The normalized spacial score (nSPS) is 19.1. The largest absolute Gasteiger partial charge is 0.490 e. The molecule has 2 heterocycles. The predicted molar refractivity (Wildman–Crippen MR) is 109 cm³/mol. The van der Waals surface area contributed by atoms with Crippen LogP contribution in [0.5, 0.6) is 5.75 Å². The molecule has 144 valence electrons. The molecule has 1 aromatic carbocycles. The van der Waals surface area contributed by atoms with Gasteiger partial charge in [0.05, 0.1) is 11.7 Å². The summed E-state index contributed by atoms with van der Waals surface area (Å²) in [6, 6.07) is 13.8. The molecule has 5 heteroatoms. The number of rotatable bonds is 6. The van der Waals surface area contributed by atoms with Crippen molar-refractivity contribution >= 4 is 5.91 Å². The van der Waals surface area contributed by atoms with Crippen molar-refractivity contribution in [2.45, 2.75) is 31.8 Å². The zero-order valence-electron chi connectivity index (χ0n) is 15.8. The summed E-state index contributed by atoms with van der Waals surface area (Å²) >= 11 is 0. The second-order valence-corrected chi connectivity index (χ2v) is 7.30. The summed E-state index contributed by atoms with van der Waals surface area (Å²) in [4.78, 5) is 19.8. The van der Waals surface area contributed by atoms with Gasteiger partial charge in [-0.25, -0.2) is 0 Å². The van der Waals surface area contributed by atoms with Crippen LogP contribution in [0.25, 0.3) is 11.1 Å². The number of amides is 1. The fourth-order valence-corrected chi connectivity index (χ4v) is 3.80. The first-order valence-corrected chi connectivity index (χ1v) is 9.86. The van der Waals surface area contributed by atoms with Crippen molar-refractivity contribution in [2.75, 3.05) is 6.54 Å². The number of nitrogens with zero attached hydrogens (tertiary/aromatic N) is 1. The van der Waals surface area contributed by atoms with Crippen molar-refractivity contribution in [3.63, 3.8) is 0 Å². The zero-order valence-corrected chi connectivity index (χ0v) is 15.8. The van der Waals surface area contributed by atoms with E-state index in [4.69, 9.17) is 4.74 Å². The van der Waals surface area contributed by atoms with Gasteiger partial charge in [0, 0.05) is 36.9 Å². The first-order chi connectivity index (χ1) is 13.8. The van der Waals surface area contributed by atoms with Gasteiger partial charge in [0.2, 0.25) is 0 Å². The van der Waals surface area contributed by atoms with Crippen LogP contribution in [0, 0.1) is 5.92 Å². The molecule has 0 spiro atoms. The van der Waals surface area contributed by atoms with Crippen molar-refractivity contribution in [3.05, 3.63) is 72.8 Å². The molecule has 0 radical (unpaired) electrons. The van der Waals surface area contributed by atoms with E-state index in [1.54, 1.807) is 18.6 Å². The fraction of sp³-hybridized carbons (Fsp3) is 0.304. The Labute approximate surface area is 165 Å². The summed E-state index contributed by atoms with van der Waals surface area (Å²) in [5, 5.41) is 3.12. The molecule has 3 aromatic rings. The van der Waals surface area contributed by atoms with E-state index in [2.05, 4.69) is 15.3 Å². The molecule has 1 saturated carbocycles. The van der Waals surface area contributed by atoms with Gasteiger partial charge in [0.15, 0.2) is 0 Å². The van der Waals surface area contributed by atoms with E-state index in [-0.39, 0.29) is 12.0 Å². The molecular weight excluding hydrogens is 350 g/mol. The van der Waals surface area contributed by atoms with E-state index in [1.165, 1.54) is 0 Å². The molecule has 5 nitrogen and oxygen atoms in total. The van der Waals surface area contributed by atoms with Crippen LogP contribution in [-0.4, -0.2) is 28.5 Å². The number of nitrogens with one attached hydrogen (secondary N) is 2. The monoisotopic (exact) mass is 375 g/mol. The number of carbonyl (C=O) groups excluding carboxylic acids is 1. The highest BCUT2D eigenvalue weighted by Gasteiger charge is 2.23. The quantitative estimate of drug-likeness (QED) is 0.669. The first kappa shape index (κ1) is 18.3. The smallest absolute Gasteiger partial charge is 0.253 e. The molecule has 1 amide bonds. The van der Waals surface area contributed by atoms with Gasteiger partial charge in [-0.2, -0.15) is 0 Å². The molecule has 1 aliphatic carbocycles. The van der Waals surface area contributed by atoms with Crippen molar-refractivity contribution in [3.8, 4) is 16.9 Å². The first-order valence-electron chi connectivity index (χ1n) is 9.86. The second kappa shape index (κ2) is 8.74. The van der Waals surface area contributed by atoms with Crippen LogP contribution in [0.3, 0.4) is 0 Å². The number of hydrogen-bond acceptors (Lipinski definition) is 3. The van der Waals surface area contributed by atoms with E-state index in [0.29, 0.717) is 18.0 Å². The third kappa shape index (κ3) is 4.42. The van der Waals surface area contributed by atoms with Gasteiger partial charge in [0.25, 0.3) is 5.91 Å². The molecule has 4 rings (SSSR count). The molecule has 0 saturated heterocycles. The highest BCUT2D eigenvalue weighted by atomic mass is 16.5. The summed E-state index contributed by atoms with van der Waals surface area (Å²) in [5.74, 6) is 1.36. The van der Waals surface area contributed by atoms with Crippen molar-refractivity contribution in [2.24, 2.45) is 5.92 Å². The Morgan fingerprint density at radius 1 is 1.04 bits per heavy atom. The minimum absolute atomic E-state index is 0.0183.